The lowest BCUT2D eigenvalue weighted by molar-refractivity contribution is 0.576. The fourth-order valence-electron chi connectivity index (χ4n) is 3.07. The highest BCUT2D eigenvalue weighted by molar-refractivity contribution is 7.93. The van der Waals surface area contributed by atoms with Crippen molar-refractivity contribution in [2.24, 2.45) is 0 Å². The molecule has 18 heavy (non-hydrogen) atoms. The van der Waals surface area contributed by atoms with E-state index in [1.807, 2.05) is 12.1 Å². The second-order valence-corrected chi connectivity index (χ2v) is 7.27. The molecule has 1 aliphatic carbocycles. The molecular formula is C13H18N2O2S. The molecule has 98 valence electrons. The van der Waals surface area contributed by atoms with Crippen molar-refractivity contribution >= 4 is 21.4 Å². The van der Waals surface area contributed by atoms with Crippen LogP contribution in [-0.2, 0) is 16.4 Å². The smallest absolute Gasteiger partial charge is 0.238 e. The van der Waals surface area contributed by atoms with E-state index in [0.717, 1.165) is 43.4 Å². The first kappa shape index (κ1) is 11.8. The molecule has 1 heterocycles. The summed E-state index contributed by atoms with van der Waals surface area (Å²) in [4.78, 5) is 0. The first-order valence-electron chi connectivity index (χ1n) is 6.49. The first-order chi connectivity index (χ1) is 8.60. The van der Waals surface area contributed by atoms with Crippen LogP contribution in [0.5, 0.6) is 0 Å². The van der Waals surface area contributed by atoms with Gasteiger partial charge >= 0.3 is 0 Å². The van der Waals surface area contributed by atoms with Crippen molar-refractivity contribution in [2.75, 3.05) is 16.6 Å². The molecule has 2 N–H and O–H groups in total. The molecule has 0 aromatic heterocycles. The summed E-state index contributed by atoms with van der Waals surface area (Å²) in [6.07, 6.45) is 4.40. The zero-order valence-electron chi connectivity index (χ0n) is 10.3. The molecule has 0 amide bonds. The summed E-state index contributed by atoms with van der Waals surface area (Å²) < 4.78 is 26.8. The number of rotatable bonds is 2. The van der Waals surface area contributed by atoms with Crippen LogP contribution in [0.4, 0.5) is 11.4 Å². The predicted molar refractivity (Wildman–Crippen MR) is 73.1 cm³/mol. The van der Waals surface area contributed by atoms with Crippen LogP contribution in [0.25, 0.3) is 0 Å². The maximum Gasteiger partial charge on any atom is 0.238 e. The number of anilines is 2. The lowest BCUT2D eigenvalue weighted by Crippen LogP contribution is -2.36. The number of nitrogen functional groups attached to an aromatic ring is 1. The van der Waals surface area contributed by atoms with Crippen LogP contribution < -0.4 is 10.0 Å². The number of sulfonamides is 1. The fraction of sp³-hybridized carbons (Fsp3) is 0.538. The van der Waals surface area contributed by atoms with Gasteiger partial charge in [-0.25, -0.2) is 8.42 Å². The highest BCUT2D eigenvalue weighted by Crippen LogP contribution is 2.38. The molecule has 1 aromatic rings. The van der Waals surface area contributed by atoms with E-state index in [2.05, 4.69) is 0 Å². The summed E-state index contributed by atoms with van der Waals surface area (Å²) in [5, 5.41) is -0.206. The van der Waals surface area contributed by atoms with Crippen LogP contribution >= 0.6 is 0 Å². The lowest BCUT2D eigenvalue weighted by atomic mass is 10.1. The maximum absolute atomic E-state index is 12.6. The third kappa shape index (κ3) is 1.68. The van der Waals surface area contributed by atoms with Gasteiger partial charge in [0.2, 0.25) is 10.0 Å². The normalized spacial score (nSPS) is 20.3. The van der Waals surface area contributed by atoms with Crippen molar-refractivity contribution in [3.63, 3.8) is 0 Å². The minimum atomic E-state index is -3.22. The van der Waals surface area contributed by atoms with E-state index in [4.69, 9.17) is 5.73 Å². The molecule has 1 fully saturated rings. The standard InChI is InChI=1S/C13H18N2O2S/c14-12-7-3-4-10-8-9-15(13(10)12)18(16,17)11-5-1-2-6-11/h3-4,7,11H,1-2,5-6,8-9,14H2. The van der Waals surface area contributed by atoms with Gasteiger partial charge in [0.1, 0.15) is 0 Å². The second kappa shape index (κ2) is 4.16. The van der Waals surface area contributed by atoms with E-state index in [-0.39, 0.29) is 5.25 Å². The van der Waals surface area contributed by atoms with E-state index >= 15 is 0 Å². The van der Waals surface area contributed by atoms with Crippen molar-refractivity contribution in [1.29, 1.82) is 0 Å². The molecule has 2 aliphatic rings. The second-order valence-electron chi connectivity index (χ2n) is 5.13. The van der Waals surface area contributed by atoms with E-state index in [1.165, 1.54) is 0 Å². The van der Waals surface area contributed by atoms with Crippen LogP contribution in [0.15, 0.2) is 18.2 Å². The van der Waals surface area contributed by atoms with Crippen LogP contribution in [0, 0.1) is 0 Å². The average Bonchev–Trinajstić information content (AvgIpc) is 2.99. The molecule has 0 bridgehead atoms. The Bertz CT molecular complexity index is 562. The van der Waals surface area contributed by atoms with Crippen molar-refractivity contribution in [3.05, 3.63) is 23.8 Å². The Balaban J connectivity index is 2.01. The first-order valence-corrected chi connectivity index (χ1v) is 8.00. The quantitative estimate of drug-likeness (QED) is 0.832. The number of hydrogen-bond donors (Lipinski definition) is 1. The van der Waals surface area contributed by atoms with E-state index in [9.17, 15) is 8.42 Å². The summed E-state index contributed by atoms with van der Waals surface area (Å²) >= 11 is 0. The van der Waals surface area contributed by atoms with Crippen molar-refractivity contribution in [3.8, 4) is 0 Å². The Labute approximate surface area is 108 Å². The van der Waals surface area contributed by atoms with Crippen molar-refractivity contribution < 1.29 is 8.42 Å². The molecule has 0 atom stereocenters. The van der Waals surface area contributed by atoms with Crippen LogP contribution in [0.2, 0.25) is 0 Å². The number of fused-ring (bicyclic) bond motifs is 1. The minimum absolute atomic E-state index is 0.206. The molecule has 1 saturated carbocycles. The van der Waals surface area contributed by atoms with Gasteiger partial charge in [-0.05, 0) is 30.9 Å². The number of nitrogens with two attached hydrogens (primary N) is 1. The van der Waals surface area contributed by atoms with Crippen molar-refractivity contribution in [2.45, 2.75) is 37.4 Å². The zero-order valence-corrected chi connectivity index (χ0v) is 11.1. The van der Waals surface area contributed by atoms with Gasteiger partial charge in [0.25, 0.3) is 0 Å². The zero-order chi connectivity index (χ0) is 12.8. The fourth-order valence-corrected chi connectivity index (χ4v) is 5.18. The van der Waals surface area contributed by atoms with Crippen LogP contribution in [0.1, 0.15) is 31.2 Å². The monoisotopic (exact) mass is 266 g/mol. The molecule has 1 aromatic carbocycles. The number of benzene rings is 1. The van der Waals surface area contributed by atoms with Gasteiger partial charge in [-0.15, -0.1) is 0 Å². The third-order valence-corrected chi connectivity index (χ3v) is 6.31. The van der Waals surface area contributed by atoms with E-state index in [0.29, 0.717) is 12.2 Å². The number of hydrogen-bond acceptors (Lipinski definition) is 3. The minimum Gasteiger partial charge on any atom is -0.397 e. The summed E-state index contributed by atoms with van der Waals surface area (Å²) in [5.74, 6) is 0. The van der Waals surface area contributed by atoms with E-state index in [1.54, 1.807) is 10.4 Å². The largest absolute Gasteiger partial charge is 0.397 e. The number of para-hydroxylation sites is 1. The molecule has 4 nitrogen and oxygen atoms in total. The van der Waals surface area contributed by atoms with Gasteiger partial charge in [0.05, 0.1) is 16.6 Å². The Morgan fingerprint density at radius 1 is 1.22 bits per heavy atom. The highest BCUT2D eigenvalue weighted by atomic mass is 32.2. The van der Waals surface area contributed by atoms with Crippen LogP contribution in [-0.4, -0.2) is 20.2 Å². The SMILES string of the molecule is Nc1cccc2c1N(S(=O)(=O)C1CCCC1)CC2. The van der Waals surface area contributed by atoms with Gasteiger partial charge < -0.3 is 5.73 Å². The highest BCUT2D eigenvalue weighted by Gasteiger charge is 2.38. The Morgan fingerprint density at radius 2 is 1.94 bits per heavy atom. The molecule has 0 unspecified atom stereocenters. The summed E-state index contributed by atoms with van der Waals surface area (Å²) in [5.41, 5.74) is 8.31. The summed E-state index contributed by atoms with van der Waals surface area (Å²) in [6, 6.07) is 5.64. The predicted octanol–water partition coefficient (Wildman–Crippen LogP) is 1.90. The third-order valence-electron chi connectivity index (χ3n) is 4.02. The summed E-state index contributed by atoms with van der Waals surface area (Å²) in [6.45, 7) is 0.544. The lowest BCUT2D eigenvalue weighted by Gasteiger charge is -2.24. The molecule has 3 rings (SSSR count). The van der Waals surface area contributed by atoms with Gasteiger partial charge in [0, 0.05) is 6.54 Å². The molecule has 0 saturated heterocycles. The molecule has 5 heteroatoms. The Kier molecular flexibility index (Phi) is 2.73. The van der Waals surface area contributed by atoms with Gasteiger partial charge in [-0.3, -0.25) is 4.31 Å². The van der Waals surface area contributed by atoms with Crippen LogP contribution in [0.3, 0.4) is 0 Å². The van der Waals surface area contributed by atoms with Gasteiger partial charge in [-0.1, -0.05) is 25.0 Å². The van der Waals surface area contributed by atoms with Gasteiger partial charge in [-0.2, -0.15) is 0 Å². The van der Waals surface area contributed by atoms with Crippen molar-refractivity contribution in [1.82, 2.24) is 0 Å². The molecule has 1 aliphatic heterocycles. The summed E-state index contributed by atoms with van der Waals surface area (Å²) in [7, 11) is -3.22. The Hall–Kier alpha value is -1.23. The van der Waals surface area contributed by atoms with E-state index < -0.39 is 10.0 Å². The Morgan fingerprint density at radius 3 is 2.67 bits per heavy atom. The topological polar surface area (TPSA) is 63.4 Å². The molecule has 0 spiro atoms. The maximum atomic E-state index is 12.6. The van der Waals surface area contributed by atoms with Gasteiger partial charge in [0.15, 0.2) is 0 Å². The molecular weight excluding hydrogens is 248 g/mol. The average molecular weight is 266 g/mol. The number of nitrogens with zero attached hydrogens (tertiary/aromatic N) is 1. The molecule has 0 radical (unpaired) electrons.